The van der Waals surface area contributed by atoms with Crippen LogP contribution in [-0.4, -0.2) is 33.3 Å². The summed E-state index contributed by atoms with van der Waals surface area (Å²) in [5, 5.41) is 27.2. The van der Waals surface area contributed by atoms with Crippen LogP contribution in [0.25, 0.3) is 0 Å². The van der Waals surface area contributed by atoms with Crippen molar-refractivity contribution in [2.45, 2.75) is 18.9 Å². The van der Waals surface area contributed by atoms with Gasteiger partial charge in [-0.15, -0.1) is 0 Å². The van der Waals surface area contributed by atoms with Gasteiger partial charge < -0.3 is 21.1 Å². The topological polar surface area (TPSA) is 121 Å². The lowest BCUT2D eigenvalue weighted by Crippen LogP contribution is -2.35. The van der Waals surface area contributed by atoms with Gasteiger partial charge in [0.15, 0.2) is 0 Å². The molecule has 0 aliphatic rings. The first-order chi connectivity index (χ1) is 8.81. The Morgan fingerprint density at radius 3 is 2.37 bits per heavy atom. The number of hydrogen-bond donors (Lipinski definition) is 4. The highest BCUT2D eigenvalue weighted by atomic mass is 127. The Balaban J connectivity index is 2.81. The van der Waals surface area contributed by atoms with Gasteiger partial charge in [-0.3, -0.25) is 9.59 Å². The second-order valence-corrected chi connectivity index (χ2v) is 5.37. The number of aromatic hydroxyl groups is 1. The van der Waals surface area contributed by atoms with Crippen molar-refractivity contribution in [3.63, 3.8) is 0 Å². The van der Waals surface area contributed by atoms with E-state index in [1.165, 1.54) is 6.07 Å². The second kappa shape index (κ2) is 6.71. The molecule has 1 aromatic rings. The third kappa shape index (κ3) is 4.67. The number of nitrogens with two attached hydrogens (primary N) is 1. The Morgan fingerprint density at radius 1 is 1.26 bits per heavy atom. The standard InChI is InChI=1S/C12H14INO5/c13-8-4-6(1-2-10(8)15)3-7(11(16)17)5-9(14)12(18)19/h1-2,4,7,9,15H,3,5,14H2,(H,16,17)(H,18,19)/t7-,9-/m0/s1. The van der Waals surface area contributed by atoms with E-state index in [0.717, 1.165) is 0 Å². The maximum atomic E-state index is 11.1. The lowest BCUT2D eigenvalue weighted by molar-refractivity contribution is -0.143. The van der Waals surface area contributed by atoms with Gasteiger partial charge in [0.05, 0.1) is 9.49 Å². The zero-order valence-corrected chi connectivity index (χ0v) is 12.1. The van der Waals surface area contributed by atoms with Crippen LogP contribution in [0.1, 0.15) is 12.0 Å². The summed E-state index contributed by atoms with van der Waals surface area (Å²) >= 11 is 1.93. The van der Waals surface area contributed by atoms with Crippen LogP contribution < -0.4 is 5.73 Å². The quantitative estimate of drug-likeness (QED) is 0.549. The van der Waals surface area contributed by atoms with E-state index in [1.807, 2.05) is 22.6 Å². The molecule has 0 radical (unpaired) electrons. The van der Waals surface area contributed by atoms with E-state index >= 15 is 0 Å². The monoisotopic (exact) mass is 379 g/mol. The molecule has 5 N–H and O–H groups in total. The van der Waals surface area contributed by atoms with Gasteiger partial charge in [0.1, 0.15) is 11.8 Å². The van der Waals surface area contributed by atoms with Crippen molar-refractivity contribution in [2.24, 2.45) is 11.7 Å². The fraction of sp³-hybridized carbons (Fsp3) is 0.333. The zero-order valence-electron chi connectivity index (χ0n) is 9.91. The molecule has 0 unspecified atom stereocenters. The maximum absolute atomic E-state index is 11.1. The highest BCUT2D eigenvalue weighted by Crippen LogP contribution is 2.23. The van der Waals surface area contributed by atoms with Gasteiger partial charge in [-0.25, -0.2) is 0 Å². The summed E-state index contributed by atoms with van der Waals surface area (Å²) in [7, 11) is 0. The Bertz CT molecular complexity index is 491. The minimum absolute atomic E-state index is 0.124. The third-order valence-electron chi connectivity index (χ3n) is 2.70. The number of carboxylic acid groups (broad SMARTS) is 2. The van der Waals surface area contributed by atoms with E-state index in [2.05, 4.69) is 0 Å². The summed E-state index contributed by atoms with van der Waals surface area (Å²) in [6.45, 7) is 0. The first-order valence-electron chi connectivity index (χ1n) is 5.50. The normalized spacial score (nSPS) is 13.8. The van der Waals surface area contributed by atoms with Crippen molar-refractivity contribution >= 4 is 34.5 Å². The van der Waals surface area contributed by atoms with Gasteiger partial charge in [0, 0.05) is 0 Å². The predicted molar refractivity (Wildman–Crippen MR) is 75.9 cm³/mol. The molecule has 0 aromatic heterocycles. The average molecular weight is 379 g/mol. The van der Waals surface area contributed by atoms with Gasteiger partial charge in [-0.05, 0) is 53.1 Å². The van der Waals surface area contributed by atoms with Gasteiger partial charge in [-0.2, -0.15) is 0 Å². The molecule has 0 amide bonds. The molecule has 6 nitrogen and oxygen atoms in total. The summed E-state index contributed by atoms with van der Waals surface area (Å²) in [5.74, 6) is -3.05. The van der Waals surface area contributed by atoms with Crippen molar-refractivity contribution < 1.29 is 24.9 Å². The van der Waals surface area contributed by atoms with Crippen LogP contribution in [0.5, 0.6) is 5.75 Å². The molecule has 1 aromatic carbocycles. The summed E-state index contributed by atoms with van der Waals surface area (Å²) in [6, 6.07) is 3.56. The van der Waals surface area contributed by atoms with Crippen LogP contribution in [0.15, 0.2) is 18.2 Å². The molecule has 104 valence electrons. The second-order valence-electron chi connectivity index (χ2n) is 4.21. The van der Waals surface area contributed by atoms with Crippen LogP contribution in [0.2, 0.25) is 0 Å². The first kappa shape index (κ1) is 15.7. The van der Waals surface area contributed by atoms with Crippen LogP contribution in [0.4, 0.5) is 0 Å². The Hall–Kier alpha value is -1.35. The number of rotatable bonds is 6. The van der Waals surface area contributed by atoms with E-state index in [-0.39, 0.29) is 18.6 Å². The molecule has 1 rings (SSSR count). The lowest BCUT2D eigenvalue weighted by atomic mass is 9.93. The van der Waals surface area contributed by atoms with E-state index in [0.29, 0.717) is 9.13 Å². The maximum Gasteiger partial charge on any atom is 0.320 e. The number of carboxylic acids is 2. The fourth-order valence-corrected chi connectivity index (χ4v) is 2.22. The molecule has 2 atom stereocenters. The SMILES string of the molecule is N[C@@H](C[C@H](Cc1ccc(O)c(I)c1)C(=O)O)C(=O)O. The van der Waals surface area contributed by atoms with E-state index < -0.39 is 23.9 Å². The van der Waals surface area contributed by atoms with Gasteiger partial charge in [-0.1, -0.05) is 6.07 Å². The molecule has 0 aliphatic carbocycles. The zero-order chi connectivity index (χ0) is 14.6. The van der Waals surface area contributed by atoms with Gasteiger partial charge in [0.2, 0.25) is 0 Å². The predicted octanol–water partition coefficient (Wildman–Crippen LogP) is 1.04. The summed E-state index contributed by atoms with van der Waals surface area (Å²) in [6.07, 6.45) is 0.0364. The first-order valence-corrected chi connectivity index (χ1v) is 6.57. The number of carbonyl (C=O) groups is 2. The molecule has 0 saturated heterocycles. The third-order valence-corrected chi connectivity index (χ3v) is 3.56. The fourth-order valence-electron chi connectivity index (χ4n) is 1.64. The minimum atomic E-state index is -1.22. The van der Waals surface area contributed by atoms with Crippen LogP contribution in [0, 0.1) is 9.49 Å². The van der Waals surface area contributed by atoms with Crippen molar-refractivity contribution in [2.75, 3.05) is 0 Å². The molecule has 0 saturated carbocycles. The number of aliphatic carboxylic acids is 2. The number of phenols is 1. The minimum Gasteiger partial charge on any atom is -0.507 e. The molecular weight excluding hydrogens is 365 g/mol. The molecule has 0 spiro atoms. The van der Waals surface area contributed by atoms with Crippen molar-refractivity contribution in [3.8, 4) is 5.75 Å². The average Bonchev–Trinajstić information content (AvgIpc) is 2.32. The van der Waals surface area contributed by atoms with Crippen molar-refractivity contribution in [1.82, 2.24) is 0 Å². The van der Waals surface area contributed by atoms with Crippen LogP contribution in [-0.2, 0) is 16.0 Å². The number of phenolic OH excluding ortho intramolecular Hbond substituents is 1. The molecule has 19 heavy (non-hydrogen) atoms. The van der Waals surface area contributed by atoms with E-state index in [1.54, 1.807) is 12.1 Å². The lowest BCUT2D eigenvalue weighted by Gasteiger charge is -2.15. The number of halogens is 1. The highest BCUT2D eigenvalue weighted by Gasteiger charge is 2.24. The Labute approximate surface area is 123 Å². The highest BCUT2D eigenvalue weighted by molar-refractivity contribution is 14.1. The Morgan fingerprint density at radius 2 is 1.89 bits per heavy atom. The molecule has 0 bridgehead atoms. The molecule has 0 heterocycles. The summed E-state index contributed by atoms with van der Waals surface area (Å²) < 4.78 is 0.613. The van der Waals surface area contributed by atoms with E-state index in [4.69, 9.17) is 15.9 Å². The van der Waals surface area contributed by atoms with E-state index in [9.17, 15) is 14.7 Å². The largest absolute Gasteiger partial charge is 0.507 e. The van der Waals surface area contributed by atoms with Crippen molar-refractivity contribution in [1.29, 1.82) is 0 Å². The van der Waals surface area contributed by atoms with Gasteiger partial charge in [0.25, 0.3) is 0 Å². The smallest absolute Gasteiger partial charge is 0.320 e. The van der Waals surface area contributed by atoms with Gasteiger partial charge >= 0.3 is 11.9 Å². The molecular formula is C12H14INO5. The summed E-state index contributed by atoms with van der Waals surface area (Å²) in [5.41, 5.74) is 6.07. The van der Waals surface area contributed by atoms with Crippen LogP contribution >= 0.6 is 22.6 Å². The van der Waals surface area contributed by atoms with Crippen molar-refractivity contribution in [3.05, 3.63) is 27.3 Å². The summed E-state index contributed by atoms with van der Waals surface area (Å²) in [4.78, 5) is 21.8. The number of benzene rings is 1. The Kier molecular flexibility index (Phi) is 5.55. The molecule has 7 heteroatoms. The van der Waals surface area contributed by atoms with Crippen LogP contribution in [0.3, 0.4) is 0 Å². The molecule has 0 fully saturated rings. The number of hydrogen-bond acceptors (Lipinski definition) is 4. The molecule has 0 aliphatic heterocycles.